The Morgan fingerprint density at radius 2 is 1.97 bits per heavy atom. The van der Waals surface area contributed by atoms with E-state index in [0.717, 1.165) is 32.1 Å². The number of carbonyl (C=O) groups is 3. The number of aliphatic hydroxyl groups is 2. The van der Waals surface area contributed by atoms with Gasteiger partial charge in [0.2, 0.25) is 11.8 Å². The van der Waals surface area contributed by atoms with E-state index in [2.05, 4.69) is 19.2 Å². The van der Waals surface area contributed by atoms with Crippen LogP contribution < -0.4 is 14.8 Å². The van der Waals surface area contributed by atoms with Crippen LogP contribution in [0.4, 0.5) is 0 Å². The second-order valence-corrected chi connectivity index (χ2v) is 11.5. The number of benzene rings is 1. The van der Waals surface area contributed by atoms with Gasteiger partial charge in [-0.05, 0) is 66.0 Å². The molecule has 3 N–H and O–H groups in total. The summed E-state index contributed by atoms with van der Waals surface area (Å²) in [5.74, 6) is 0.581. The molecule has 38 heavy (non-hydrogen) atoms. The number of methoxy groups -OCH3 is 1. The average Bonchev–Trinajstić information content (AvgIpc) is 3.44. The maximum atomic E-state index is 13.7. The molecule has 3 rings (SSSR count). The summed E-state index contributed by atoms with van der Waals surface area (Å²) in [6.45, 7) is 4.54. The molecule has 210 valence electrons. The third-order valence-electron chi connectivity index (χ3n) is 7.19. The van der Waals surface area contributed by atoms with Gasteiger partial charge in [0.05, 0.1) is 23.3 Å². The Balaban J connectivity index is 1.99. The fourth-order valence-corrected chi connectivity index (χ4v) is 5.83. The van der Waals surface area contributed by atoms with Crippen molar-refractivity contribution in [2.45, 2.75) is 70.6 Å². The zero-order valence-electron chi connectivity index (χ0n) is 22.3. The zero-order valence-corrected chi connectivity index (χ0v) is 24.5. The van der Waals surface area contributed by atoms with Gasteiger partial charge in [0, 0.05) is 36.6 Å². The topological polar surface area (TPSA) is 125 Å². The van der Waals surface area contributed by atoms with Gasteiger partial charge < -0.3 is 29.9 Å². The largest absolute Gasteiger partial charge is 0.493 e. The van der Waals surface area contributed by atoms with Crippen LogP contribution in [0.5, 0.6) is 11.5 Å². The van der Waals surface area contributed by atoms with Crippen LogP contribution in [0.15, 0.2) is 23.8 Å². The normalized spacial score (nSPS) is 21.7. The minimum atomic E-state index is -1.10. The summed E-state index contributed by atoms with van der Waals surface area (Å²) in [5.41, 5.74) is 0.799. The number of hydrogen-bond donors (Lipinski definition) is 3. The van der Waals surface area contributed by atoms with E-state index in [1.165, 1.54) is 7.11 Å². The second kappa shape index (κ2) is 14.3. The first-order valence-corrected chi connectivity index (χ1v) is 14.4. The Labute approximate surface area is 238 Å². The third kappa shape index (κ3) is 7.47. The van der Waals surface area contributed by atoms with Crippen molar-refractivity contribution in [2.24, 2.45) is 11.8 Å². The van der Waals surface area contributed by atoms with Crippen LogP contribution in [-0.4, -0.2) is 78.3 Å². The zero-order chi connectivity index (χ0) is 27.8. The summed E-state index contributed by atoms with van der Waals surface area (Å²) in [4.78, 5) is 39.8. The van der Waals surface area contributed by atoms with E-state index in [1.807, 2.05) is 22.6 Å². The summed E-state index contributed by atoms with van der Waals surface area (Å²) in [5, 5.41) is 23.5. The molecule has 1 aromatic rings. The highest BCUT2D eigenvalue weighted by Crippen LogP contribution is 2.37. The van der Waals surface area contributed by atoms with Crippen molar-refractivity contribution < 1.29 is 34.1 Å². The fraction of sp³-hybridized carbons (Fsp3) is 0.607. The average molecular weight is 643 g/mol. The lowest BCUT2D eigenvalue weighted by molar-refractivity contribution is -0.143. The van der Waals surface area contributed by atoms with Crippen molar-refractivity contribution in [1.29, 1.82) is 0 Å². The maximum Gasteiger partial charge on any atom is 0.247 e. The molecule has 0 spiro atoms. The molecule has 0 unspecified atom stereocenters. The molecule has 9 nitrogen and oxygen atoms in total. The molecule has 1 saturated carbocycles. The first kappa shape index (κ1) is 30.4. The number of ether oxygens (including phenoxy) is 2. The van der Waals surface area contributed by atoms with Gasteiger partial charge >= 0.3 is 0 Å². The van der Waals surface area contributed by atoms with Gasteiger partial charge in [0.25, 0.3) is 0 Å². The lowest BCUT2D eigenvalue weighted by atomic mass is 9.87. The van der Waals surface area contributed by atoms with Crippen molar-refractivity contribution in [3.8, 4) is 11.5 Å². The highest BCUT2D eigenvalue weighted by atomic mass is 127. The molecule has 2 aliphatic rings. The van der Waals surface area contributed by atoms with Crippen molar-refractivity contribution >= 4 is 40.7 Å². The molecule has 1 aromatic carbocycles. The predicted octanol–water partition coefficient (Wildman–Crippen LogP) is 3.09. The van der Waals surface area contributed by atoms with E-state index < -0.39 is 18.2 Å². The van der Waals surface area contributed by atoms with Crippen LogP contribution in [0.2, 0.25) is 0 Å². The molecule has 3 atom stereocenters. The van der Waals surface area contributed by atoms with Gasteiger partial charge in [-0.3, -0.25) is 14.4 Å². The quantitative estimate of drug-likeness (QED) is 0.237. The number of nitrogens with one attached hydrogen (secondary N) is 1. The lowest BCUT2D eigenvalue weighted by Crippen LogP contribution is -2.56. The molecule has 1 fully saturated rings. The van der Waals surface area contributed by atoms with Crippen LogP contribution in [0.1, 0.15) is 62.7 Å². The number of hydrogen-bond acceptors (Lipinski definition) is 7. The molecule has 0 aliphatic heterocycles. The Hall–Kier alpha value is -2.18. The molecule has 2 amide bonds. The predicted molar refractivity (Wildman–Crippen MR) is 151 cm³/mol. The standard InChI is InChI=1S/C28H39IN2O7/c1-17(2)8-10-31(28(36)19-6-4-5-7-19)22-14-20(27(35)30-9-11-32)15-23(25(22)34)38-26-21(29)12-18(16-33)13-24(26)37-3/h12-13,15-17,19,22-23,25,32,34H,4-11,14H2,1-3H3,(H,30,35)/t22-,23+,25+/m1/s1. The summed E-state index contributed by atoms with van der Waals surface area (Å²) in [7, 11) is 1.46. The number of amides is 2. The Morgan fingerprint density at radius 3 is 2.58 bits per heavy atom. The SMILES string of the molecule is COc1cc(C=O)cc(I)c1O[C@H]1C=C(C(=O)NCCO)C[C@@H](N(CCC(C)C)C(=O)C2CCCC2)[C@@H]1O. The first-order valence-electron chi connectivity index (χ1n) is 13.3. The molecular formula is C28H39IN2O7. The molecule has 0 bridgehead atoms. The van der Waals surface area contributed by atoms with E-state index in [4.69, 9.17) is 9.47 Å². The second-order valence-electron chi connectivity index (χ2n) is 10.4. The van der Waals surface area contributed by atoms with Gasteiger partial charge in [0.15, 0.2) is 11.5 Å². The minimum Gasteiger partial charge on any atom is -0.493 e. The highest BCUT2D eigenvalue weighted by Gasteiger charge is 2.42. The van der Waals surface area contributed by atoms with Gasteiger partial charge in [-0.1, -0.05) is 26.7 Å². The van der Waals surface area contributed by atoms with Gasteiger partial charge in [-0.25, -0.2) is 0 Å². The fourth-order valence-electron chi connectivity index (χ4n) is 5.08. The molecule has 0 saturated heterocycles. The molecule has 2 aliphatic carbocycles. The minimum absolute atomic E-state index is 0.0189. The van der Waals surface area contributed by atoms with Crippen LogP contribution in [0.25, 0.3) is 0 Å². The lowest BCUT2D eigenvalue weighted by Gasteiger charge is -2.41. The van der Waals surface area contributed by atoms with Crippen molar-refractivity contribution in [2.75, 3.05) is 26.8 Å². The van der Waals surface area contributed by atoms with E-state index in [0.29, 0.717) is 45.0 Å². The molecule has 0 aromatic heterocycles. The molecule has 10 heteroatoms. The number of rotatable bonds is 12. The molecular weight excluding hydrogens is 603 g/mol. The van der Waals surface area contributed by atoms with Crippen molar-refractivity contribution in [3.05, 3.63) is 32.9 Å². The van der Waals surface area contributed by atoms with Gasteiger partial charge in [-0.15, -0.1) is 0 Å². The molecule has 0 heterocycles. The van der Waals surface area contributed by atoms with Crippen molar-refractivity contribution in [1.82, 2.24) is 10.2 Å². The first-order chi connectivity index (χ1) is 18.2. The van der Waals surface area contributed by atoms with Crippen LogP contribution in [-0.2, 0) is 9.59 Å². The monoisotopic (exact) mass is 642 g/mol. The number of aliphatic hydroxyl groups excluding tert-OH is 2. The Morgan fingerprint density at radius 1 is 1.26 bits per heavy atom. The summed E-state index contributed by atoms with van der Waals surface area (Å²) in [6.07, 6.45) is 4.86. The number of halogens is 1. The summed E-state index contributed by atoms with van der Waals surface area (Å²) >= 11 is 2.04. The number of carbonyl (C=O) groups excluding carboxylic acids is 3. The van der Waals surface area contributed by atoms with Gasteiger partial charge in [-0.2, -0.15) is 0 Å². The smallest absolute Gasteiger partial charge is 0.247 e. The van der Waals surface area contributed by atoms with Crippen LogP contribution in [0, 0.1) is 15.4 Å². The number of aldehydes is 1. The van der Waals surface area contributed by atoms with Crippen LogP contribution >= 0.6 is 22.6 Å². The van der Waals surface area contributed by atoms with E-state index in [1.54, 1.807) is 23.1 Å². The third-order valence-corrected chi connectivity index (χ3v) is 7.99. The summed E-state index contributed by atoms with van der Waals surface area (Å²) < 4.78 is 12.3. The van der Waals surface area contributed by atoms with E-state index in [9.17, 15) is 24.6 Å². The van der Waals surface area contributed by atoms with Crippen LogP contribution in [0.3, 0.4) is 0 Å². The van der Waals surface area contributed by atoms with Gasteiger partial charge in [0.1, 0.15) is 18.5 Å². The van der Waals surface area contributed by atoms with Crippen molar-refractivity contribution in [3.63, 3.8) is 0 Å². The Kier molecular flexibility index (Phi) is 11.4. The Bertz CT molecular complexity index is 1020. The highest BCUT2D eigenvalue weighted by molar-refractivity contribution is 14.1. The van der Waals surface area contributed by atoms with E-state index in [-0.39, 0.29) is 37.3 Å². The molecule has 0 radical (unpaired) electrons. The number of nitrogens with zero attached hydrogens (tertiary/aromatic N) is 1. The van der Waals surface area contributed by atoms with E-state index >= 15 is 0 Å². The maximum absolute atomic E-state index is 13.7. The summed E-state index contributed by atoms with van der Waals surface area (Å²) in [6, 6.07) is 2.54.